The molecule has 3 amide bonds. The highest BCUT2D eigenvalue weighted by molar-refractivity contribution is 6.21. The zero-order valence-electron chi connectivity index (χ0n) is 14.3. The fraction of sp³-hybridized carbons (Fsp3) is 0.474. The van der Waals surface area contributed by atoms with Crippen LogP contribution >= 0.6 is 0 Å². The van der Waals surface area contributed by atoms with E-state index in [9.17, 15) is 19.2 Å². The first-order valence-electron chi connectivity index (χ1n) is 9.00. The number of carbonyl (C=O) groups excluding carboxylic acids is 4. The Kier molecular flexibility index (Phi) is 4.01. The normalized spacial score (nSPS) is 20.8. The Labute approximate surface area is 150 Å². The average molecular weight is 356 g/mol. The minimum Gasteiger partial charge on any atom is -0.353 e. The highest BCUT2D eigenvalue weighted by atomic mass is 16.7. The molecule has 2 fully saturated rings. The van der Waals surface area contributed by atoms with Gasteiger partial charge in [-0.05, 0) is 37.8 Å². The number of hydroxylamine groups is 2. The van der Waals surface area contributed by atoms with E-state index in [0.29, 0.717) is 17.9 Å². The fourth-order valence-corrected chi connectivity index (χ4v) is 3.75. The standard InChI is InChI=1S/C19H20N2O5/c22-15(20-12-7-8-12)11-19(9-3-4-10-19)18(25)26-21-16(23)13-5-1-2-6-14(13)17(21)24/h1-2,5-6,12H,3-4,7-11H2,(H,20,22). The molecule has 0 radical (unpaired) electrons. The van der Waals surface area contributed by atoms with Crippen LogP contribution in [0.15, 0.2) is 24.3 Å². The van der Waals surface area contributed by atoms with Crippen molar-refractivity contribution in [2.24, 2.45) is 5.41 Å². The van der Waals surface area contributed by atoms with Crippen molar-refractivity contribution < 1.29 is 24.0 Å². The van der Waals surface area contributed by atoms with Crippen LogP contribution in [0.3, 0.4) is 0 Å². The summed E-state index contributed by atoms with van der Waals surface area (Å²) >= 11 is 0. The fourth-order valence-electron chi connectivity index (χ4n) is 3.75. The highest BCUT2D eigenvalue weighted by Crippen LogP contribution is 2.43. The number of nitrogens with zero attached hydrogens (tertiary/aromatic N) is 1. The smallest absolute Gasteiger partial charge is 0.339 e. The zero-order chi connectivity index (χ0) is 18.3. The van der Waals surface area contributed by atoms with E-state index in [-0.39, 0.29) is 29.5 Å². The molecule has 0 unspecified atom stereocenters. The van der Waals surface area contributed by atoms with Gasteiger partial charge in [-0.2, -0.15) is 0 Å². The number of hydrogen-bond acceptors (Lipinski definition) is 5. The minimum absolute atomic E-state index is 0.0332. The summed E-state index contributed by atoms with van der Waals surface area (Å²) in [4.78, 5) is 55.1. The SMILES string of the molecule is O=C(CC1(C(=O)ON2C(=O)c3ccccc3C2=O)CCCC1)NC1CC1. The number of nitrogens with one attached hydrogen (secondary N) is 1. The molecular formula is C19H20N2O5. The van der Waals surface area contributed by atoms with Crippen LogP contribution in [0.25, 0.3) is 0 Å². The number of imide groups is 1. The second-order valence-electron chi connectivity index (χ2n) is 7.34. The first-order valence-corrected chi connectivity index (χ1v) is 9.00. The molecule has 7 heteroatoms. The largest absolute Gasteiger partial charge is 0.353 e. The summed E-state index contributed by atoms with van der Waals surface area (Å²) in [5.41, 5.74) is -0.525. The van der Waals surface area contributed by atoms with Gasteiger partial charge in [0.05, 0.1) is 16.5 Å². The summed E-state index contributed by atoms with van der Waals surface area (Å²) in [7, 11) is 0. The highest BCUT2D eigenvalue weighted by Gasteiger charge is 2.48. The maximum absolute atomic E-state index is 12.9. The van der Waals surface area contributed by atoms with Gasteiger partial charge in [0.15, 0.2) is 0 Å². The van der Waals surface area contributed by atoms with Crippen LogP contribution in [0.1, 0.15) is 65.7 Å². The second kappa shape index (κ2) is 6.23. The molecule has 0 aromatic heterocycles. The van der Waals surface area contributed by atoms with Crippen molar-refractivity contribution in [3.63, 3.8) is 0 Å². The van der Waals surface area contributed by atoms with Crippen molar-refractivity contribution in [2.45, 2.75) is 51.0 Å². The van der Waals surface area contributed by atoms with Crippen LogP contribution in [0, 0.1) is 5.41 Å². The van der Waals surface area contributed by atoms with E-state index in [1.165, 1.54) is 12.1 Å². The maximum atomic E-state index is 12.9. The summed E-state index contributed by atoms with van der Waals surface area (Å²) in [5.74, 6) is -2.13. The van der Waals surface area contributed by atoms with Crippen molar-refractivity contribution in [1.82, 2.24) is 10.4 Å². The lowest BCUT2D eigenvalue weighted by Gasteiger charge is -2.27. The van der Waals surface area contributed by atoms with E-state index < -0.39 is 23.2 Å². The molecule has 0 bridgehead atoms. The summed E-state index contributed by atoms with van der Waals surface area (Å²) in [6.45, 7) is 0. The van der Waals surface area contributed by atoms with Crippen LogP contribution < -0.4 is 5.32 Å². The number of benzene rings is 1. The maximum Gasteiger partial charge on any atom is 0.339 e. The quantitative estimate of drug-likeness (QED) is 0.814. The topological polar surface area (TPSA) is 92.8 Å². The molecule has 1 N–H and O–H groups in total. The Morgan fingerprint density at radius 2 is 1.65 bits per heavy atom. The summed E-state index contributed by atoms with van der Waals surface area (Å²) in [6, 6.07) is 6.56. The minimum atomic E-state index is -0.964. The lowest BCUT2D eigenvalue weighted by atomic mass is 9.82. The first-order chi connectivity index (χ1) is 12.5. The lowest BCUT2D eigenvalue weighted by Crippen LogP contribution is -2.42. The van der Waals surface area contributed by atoms with Gasteiger partial charge in [-0.15, -0.1) is 0 Å². The number of carbonyl (C=O) groups is 4. The molecule has 0 atom stereocenters. The van der Waals surface area contributed by atoms with Gasteiger partial charge in [-0.25, -0.2) is 4.79 Å². The van der Waals surface area contributed by atoms with Gasteiger partial charge in [-0.3, -0.25) is 14.4 Å². The summed E-state index contributed by atoms with van der Waals surface area (Å²) in [6.07, 6.45) is 4.64. The monoisotopic (exact) mass is 356 g/mol. The van der Waals surface area contributed by atoms with Crippen molar-refractivity contribution in [2.75, 3.05) is 0 Å². The molecule has 136 valence electrons. The average Bonchev–Trinajstić information content (AvgIpc) is 3.26. The van der Waals surface area contributed by atoms with Gasteiger partial charge >= 0.3 is 5.97 Å². The Bertz CT molecular complexity index is 758. The van der Waals surface area contributed by atoms with E-state index in [1.54, 1.807) is 12.1 Å². The molecular weight excluding hydrogens is 336 g/mol. The van der Waals surface area contributed by atoms with Crippen molar-refractivity contribution in [3.05, 3.63) is 35.4 Å². The van der Waals surface area contributed by atoms with Gasteiger partial charge in [0.1, 0.15) is 0 Å². The van der Waals surface area contributed by atoms with Crippen LogP contribution in [0.5, 0.6) is 0 Å². The molecule has 3 aliphatic rings. The zero-order valence-corrected chi connectivity index (χ0v) is 14.3. The number of amides is 3. The summed E-state index contributed by atoms with van der Waals surface area (Å²) < 4.78 is 0. The van der Waals surface area contributed by atoms with Crippen LogP contribution in [0.2, 0.25) is 0 Å². The Morgan fingerprint density at radius 1 is 1.08 bits per heavy atom. The van der Waals surface area contributed by atoms with Crippen LogP contribution in [-0.4, -0.2) is 34.8 Å². The number of fused-ring (bicyclic) bond motifs is 1. The molecule has 7 nitrogen and oxygen atoms in total. The first kappa shape index (κ1) is 16.8. The Balaban J connectivity index is 1.49. The summed E-state index contributed by atoms with van der Waals surface area (Å²) in [5, 5.41) is 3.43. The van der Waals surface area contributed by atoms with Gasteiger partial charge in [0, 0.05) is 12.5 Å². The predicted octanol–water partition coefficient (Wildman–Crippen LogP) is 1.97. The molecule has 1 aromatic rings. The third kappa shape index (κ3) is 2.87. The van der Waals surface area contributed by atoms with E-state index in [2.05, 4.69) is 5.32 Å². The third-order valence-electron chi connectivity index (χ3n) is 5.37. The number of hydrogen-bond donors (Lipinski definition) is 1. The van der Waals surface area contributed by atoms with E-state index in [1.807, 2.05) is 0 Å². The molecule has 1 aromatic carbocycles. The van der Waals surface area contributed by atoms with Crippen LogP contribution in [0.4, 0.5) is 0 Å². The third-order valence-corrected chi connectivity index (χ3v) is 5.37. The molecule has 0 saturated heterocycles. The van der Waals surface area contributed by atoms with Crippen molar-refractivity contribution in [1.29, 1.82) is 0 Å². The molecule has 1 aliphatic heterocycles. The Morgan fingerprint density at radius 3 is 2.19 bits per heavy atom. The van der Waals surface area contributed by atoms with Gasteiger partial charge in [0.25, 0.3) is 11.8 Å². The van der Waals surface area contributed by atoms with E-state index in [4.69, 9.17) is 4.84 Å². The van der Waals surface area contributed by atoms with Crippen molar-refractivity contribution in [3.8, 4) is 0 Å². The van der Waals surface area contributed by atoms with E-state index in [0.717, 1.165) is 25.7 Å². The lowest BCUT2D eigenvalue weighted by molar-refractivity contribution is -0.182. The second-order valence-corrected chi connectivity index (χ2v) is 7.34. The number of rotatable bonds is 5. The Hall–Kier alpha value is -2.70. The molecule has 0 spiro atoms. The van der Waals surface area contributed by atoms with E-state index >= 15 is 0 Å². The van der Waals surface area contributed by atoms with Gasteiger partial charge in [0.2, 0.25) is 5.91 Å². The molecule has 1 heterocycles. The molecule has 26 heavy (non-hydrogen) atoms. The van der Waals surface area contributed by atoms with Crippen LogP contribution in [-0.2, 0) is 14.4 Å². The molecule has 2 aliphatic carbocycles. The predicted molar refractivity (Wildman–Crippen MR) is 89.7 cm³/mol. The van der Waals surface area contributed by atoms with Gasteiger partial charge in [-0.1, -0.05) is 30.0 Å². The van der Waals surface area contributed by atoms with Crippen molar-refractivity contribution >= 4 is 23.7 Å². The molecule has 4 rings (SSSR count). The van der Waals surface area contributed by atoms with Gasteiger partial charge < -0.3 is 10.2 Å². The molecule has 2 saturated carbocycles.